The monoisotopic (exact) mass is 218 g/mol. The average Bonchev–Trinajstić information content (AvgIpc) is 2.71. The summed E-state index contributed by atoms with van der Waals surface area (Å²) < 4.78 is 10.4. The summed E-state index contributed by atoms with van der Waals surface area (Å²) >= 11 is 0. The molecule has 0 aliphatic carbocycles. The predicted molar refractivity (Wildman–Crippen MR) is 58.4 cm³/mol. The summed E-state index contributed by atoms with van der Waals surface area (Å²) in [5.41, 5.74) is 0.930. The van der Waals surface area contributed by atoms with E-state index in [4.69, 9.17) is 14.6 Å². The molecule has 2 rings (SSSR count). The number of benzene rings is 1. The van der Waals surface area contributed by atoms with Gasteiger partial charge in [-0.2, -0.15) is 0 Å². The van der Waals surface area contributed by atoms with E-state index < -0.39 is 5.97 Å². The van der Waals surface area contributed by atoms with E-state index in [1.54, 1.807) is 12.2 Å². The lowest BCUT2D eigenvalue weighted by Gasteiger charge is -1.96. The van der Waals surface area contributed by atoms with Gasteiger partial charge in [-0.05, 0) is 17.7 Å². The third-order valence-electron chi connectivity index (χ3n) is 2.04. The van der Waals surface area contributed by atoms with Crippen molar-refractivity contribution < 1.29 is 19.4 Å². The standard InChI is InChI=1S/C12H10O4/c13-12(14)4-2-1-3-9-5-6-10-11(7-9)16-8-15-10/h1-7H,8H2,(H,13,14)/b3-1-,4-2+. The van der Waals surface area contributed by atoms with Gasteiger partial charge < -0.3 is 14.6 Å². The fourth-order valence-corrected chi connectivity index (χ4v) is 1.32. The molecular formula is C12H10O4. The van der Waals surface area contributed by atoms with Gasteiger partial charge in [-0.15, -0.1) is 0 Å². The molecule has 1 aliphatic rings. The lowest BCUT2D eigenvalue weighted by molar-refractivity contribution is -0.131. The van der Waals surface area contributed by atoms with Crippen LogP contribution in [0.5, 0.6) is 11.5 Å². The highest BCUT2D eigenvalue weighted by Gasteiger charge is 2.11. The van der Waals surface area contributed by atoms with Gasteiger partial charge in [-0.3, -0.25) is 0 Å². The summed E-state index contributed by atoms with van der Waals surface area (Å²) in [5.74, 6) is 0.484. The Morgan fingerprint density at radius 2 is 2.06 bits per heavy atom. The Balaban J connectivity index is 2.08. The second-order valence-corrected chi connectivity index (χ2v) is 3.17. The third-order valence-corrected chi connectivity index (χ3v) is 2.04. The van der Waals surface area contributed by atoms with E-state index in [-0.39, 0.29) is 6.79 Å². The minimum atomic E-state index is -0.963. The van der Waals surface area contributed by atoms with Crippen molar-refractivity contribution in [2.24, 2.45) is 0 Å². The number of carbonyl (C=O) groups is 1. The first kappa shape index (κ1) is 10.3. The molecule has 4 nitrogen and oxygen atoms in total. The molecule has 0 unspecified atom stereocenters. The highest BCUT2D eigenvalue weighted by atomic mass is 16.7. The van der Waals surface area contributed by atoms with Crippen LogP contribution in [0.15, 0.2) is 36.4 Å². The van der Waals surface area contributed by atoms with Gasteiger partial charge in [0.05, 0.1) is 0 Å². The van der Waals surface area contributed by atoms with E-state index in [1.807, 2.05) is 18.2 Å². The molecule has 0 spiro atoms. The fourth-order valence-electron chi connectivity index (χ4n) is 1.32. The SMILES string of the molecule is O=C(O)/C=C/C=C\c1ccc2c(c1)OCO2. The van der Waals surface area contributed by atoms with Crippen LogP contribution in [0.4, 0.5) is 0 Å². The molecule has 1 N–H and O–H groups in total. The van der Waals surface area contributed by atoms with Crippen LogP contribution in [0, 0.1) is 0 Å². The summed E-state index contributed by atoms with van der Waals surface area (Å²) in [6, 6.07) is 5.54. The molecule has 1 heterocycles. The first-order valence-electron chi connectivity index (χ1n) is 4.73. The lowest BCUT2D eigenvalue weighted by Crippen LogP contribution is -1.92. The Morgan fingerprint density at radius 3 is 2.88 bits per heavy atom. The topological polar surface area (TPSA) is 55.8 Å². The van der Waals surface area contributed by atoms with Crippen LogP contribution in [0.3, 0.4) is 0 Å². The summed E-state index contributed by atoms with van der Waals surface area (Å²) in [7, 11) is 0. The maximum Gasteiger partial charge on any atom is 0.328 e. The van der Waals surface area contributed by atoms with Gasteiger partial charge in [0, 0.05) is 6.08 Å². The normalized spacial score (nSPS) is 13.8. The van der Waals surface area contributed by atoms with Gasteiger partial charge in [0.25, 0.3) is 0 Å². The first-order chi connectivity index (χ1) is 7.75. The quantitative estimate of drug-likeness (QED) is 0.623. The largest absolute Gasteiger partial charge is 0.478 e. The number of rotatable bonds is 3. The van der Waals surface area contributed by atoms with Crippen LogP contribution in [-0.2, 0) is 4.79 Å². The smallest absolute Gasteiger partial charge is 0.328 e. The molecule has 0 bridgehead atoms. The van der Waals surface area contributed by atoms with Crippen LogP contribution in [-0.4, -0.2) is 17.9 Å². The summed E-state index contributed by atoms with van der Waals surface area (Å²) in [4.78, 5) is 10.2. The molecular weight excluding hydrogens is 208 g/mol. The van der Waals surface area contributed by atoms with E-state index in [0.717, 1.165) is 17.4 Å². The van der Waals surface area contributed by atoms with E-state index in [0.29, 0.717) is 5.75 Å². The highest BCUT2D eigenvalue weighted by Crippen LogP contribution is 2.32. The highest BCUT2D eigenvalue weighted by molar-refractivity contribution is 5.80. The molecule has 0 atom stereocenters. The molecule has 82 valence electrons. The number of allylic oxidation sites excluding steroid dienone is 2. The molecule has 16 heavy (non-hydrogen) atoms. The Bertz CT molecular complexity index is 460. The van der Waals surface area contributed by atoms with Gasteiger partial charge >= 0.3 is 5.97 Å². The number of carboxylic acids is 1. The van der Waals surface area contributed by atoms with Gasteiger partial charge in [-0.25, -0.2) is 4.79 Å². The zero-order valence-electron chi connectivity index (χ0n) is 8.42. The molecule has 1 aliphatic heterocycles. The van der Waals surface area contributed by atoms with Crippen LogP contribution in [0.2, 0.25) is 0 Å². The number of fused-ring (bicyclic) bond motifs is 1. The van der Waals surface area contributed by atoms with E-state index in [2.05, 4.69) is 0 Å². The van der Waals surface area contributed by atoms with Crippen LogP contribution < -0.4 is 9.47 Å². The minimum absolute atomic E-state index is 0.251. The summed E-state index contributed by atoms with van der Waals surface area (Å²) in [5, 5.41) is 8.38. The molecule has 4 heteroatoms. The molecule has 0 saturated carbocycles. The Morgan fingerprint density at radius 1 is 1.25 bits per heavy atom. The average molecular weight is 218 g/mol. The van der Waals surface area contributed by atoms with Crippen molar-refractivity contribution in [3.63, 3.8) is 0 Å². The van der Waals surface area contributed by atoms with Crippen molar-refractivity contribution >= 4 is 12.0 Å². The Labute approximate surface area is 92.4 Å². The van der Waals surface area contributed by atoms with E-state index in [1.165, 1.54) is 6.08 Å². The first-order valence-corrected chi connectivity index (χ1v) is 4.73. The number of carboxylic acid groups (broad SMARTS) is 1. The van der Waals surface area contributed by atoms with Crippen LogP contribution >= 0.6 is 0 Å². The number of ether oxygens (including phenoxy) is 2. The zero-order chi connectivity index (χ0) is 11.4. The van der Waals surface area contributed by atoms with Crippen molar-refractivity contribution in [1.29, 1.82) is 0 Å². The zero-order valence-corrected chi connectivity index (χ0v) is 8.42. The van der Waals surface area contributed by atoms with Crippen molar-refractivity contribution in [2.75, 3.05) is 6.79 Å². The van der Waals surface area contributed by atoms with E-state index in [9.17, 15) is 4.79 Å². The number of aliphatic carboxylic acids is 1. The van der Waals surface area contributed by atoms with Gasteiger partial charge in [0.15, 0.2) is 11.5 Å². The van der Waals surface area contributed by atoms with Crippen molar-refractivity contribution in [3.05, 3.63) is 42.0 Å². The van der Waals surface area contributed by atoms with Crippen molar-refractivity contribution in [3.8, 4) is 11.5 Å². The van der Waals surface area contributed by atoms with Crippen molar-refractivity contribution in [2.45, 2.75) is 0 Å². The minimum Gasteiger partial charge on any atom is -0.478 e. The molecule has 0 fully saturated rings. The fraction of sp³-hybridized carbons (Fsp3) is 0.0833. The second kappa shape index (κ2) is 4.53. The molecule has 1 aromatic carbocycles. The summed E-state index contributed by atoms with van der Waals surface area (Å²) in [6.45, 7) is 0.251. The Kier molecular flexibility index (Phi) is 2.91. The number of hydrogen-bond acceptors (Lipinski definition) is 3. The van der Waals surface area contributed by atoms with Gasteiger partial charge in [0.1, 0.15) is 0 Å². The maximum absolute atomic E-state index is 10.2. The van der Waals surface area contributed by atoms with Crippen molar-refractivity contribution in [1.82, 2.24) is 0 Å². The molecule has 1 aromatic rings. The van der Waals surface area contributed by atoms with Gasteiger partial charge in [-0.1, -0.05) is 24.3 Å². The predicted octanol–water partition coefficient (Wildman–Crippen LogP) is 2.07. The lowest BCUT2D eigenvalue weighted by atomic mass is 10.2. The second-order valence-electron chi connectivity index (χ2n) is 3.17. The Hall–Kier alpha value is -2.23. The molecule has 0 amide bonds. The third kappa shape index (κ3) is 2.42. The molecule has 0 aromatic heterocycles. The van der Waals surface area contributed by atoms with Crippen LogP contribution in [0.1, 0.15) is 5.56 Å². The maximum atomic E-state index is 10.2. The van der Waals surface area contributed by atoms with Crippen LogP contribution in [0.25, 0.3) is 6.08 Å². The van der Waals surface area contributed by atoms with E-state index >= 15 is 0 Å². The molecule has 0 radical (unpaired) electrons. The van der Waals surface area contributed by atoms with Gasteiger partial charge in [0.2, 0.25) is 6.79 Å². The number of hydrogen-bond donors (Lipinski definition) is 1. The summed E-state index contributed by atoms with van der Waals surface area (Å²) in [6.07, 6.45) is 5.99. The molecule has 0 saturated heterocycles.